The lowest BCUT2D eigenvalue weighted by molar-refractivity contribution is -1.18. The van der Waals surface area contributed by atoms with Crippen LogP contribution >= 0.6 is 0 Å². The topological polar surface area (TPSA) is 26.0 Å². The van der Waals surface area contributed by atoms with Gasteiger partial charge in [0.1, 0.15) is 23.9 Å². The van der Waals surface area contributed by atoms with Crippen LogP contribution in [0.1, 0.15) is 44.0 Å². The lowest BCUT2D eigenvalue weighted by atomic mass is 9.59. The largest absolute Gasteiger partial charge is 0.297 e. The van der Waals surface area contributed by atoms with E-state index in [1.807, 2.05) is 0 Å². The Morgan fingerprint density at radius 3 is 2.45 bits per heavy atom. The number of piperidine rings is 2. The van der Waals surface area contributed by atoms with E-state index in [9.17, 15) is 4.79 Å². The minimum atomic E-state index is -0.0866. The maximum atomic E-state index is 13.1. The molecule has 4 fully saturated rings. The molecule has 0 aromatic heterocycles. The summed E-state index contributed by atoms with van der Waals surface area (Å²) < 4.78 is 0. The number of benzene rings is 1. The van der Waals surface area contributed by atoms with Gasteiger partial charge in [-0.1, -0.05) is 31.0 Å². The number of hydrogen-bond donors (Lipinski definition) is 2. The quantitative estimate of drug-likeness (QED) is 0.817. The summed E-state index contributed by atoms with van der Waals surface area (Å²) in [4.78, 5) is 16.4. The Hall–Kier alpha value is -1.19. The van der Waals surface area contributed by atoms with Gasteiger partial charge in [-0.25, -0.2) is 0 Å². The van der Waals surface area contributed by atoms with Crippen LogP contribution in [0.3, 0.4) is 0 Å². The first-order chi connectivity index (χ1) is 10.5. The van der Waals surface area contributed by atoms with Gasteiger partial charge in [-0.05, 0) is 32.4 Å². The number of Topliss-reactive ketones (excluding diaryl/α,β-unsaturated/α-hetero) is 1. The molecule has 4 saturated heterocycles. The average molecular weight is 300 g/mol. The number of hydrogen-bond acceptors (Lipinski definition) is 1. The van der Waals surface area contributed by atoms with Crippen LogP contribution in [0.15, 0.2) is 24.3 Å². The highest BCUT2D eigenvalue weighted by atomic mass is 16.1. The highest BCUT2D eigenvalue weighted by Gasteiger charge is 2.69. The predicted octanol–water partition coefficient (Wildman–Crippen LogP) is 0.166. The molecule has 0 saturated carbocycles. The number of carbonyl (C=O) groups is 1. The van der Waals surface area contributed by atoms with Crippen molar-refractivity contribution in [2.45, 2.75) is 39.8 Å². The normalized spacial score (nSPS) is 42.9. The SMILES string of the molecule is CCCC12C[NH+]3CC(C)(C[NH+](C1)C3c1cccc(C)c1)C2=O. The fraction of sp³-hybridized carbons (Fsp3) is 0.632. The molecule has 3 heteroatoms. The molecule has 0 amide bonds. The van der Waals surface area contributed by atoms with E-state index in [0.717, 1.165) is 39.0 Å². The first kappa shape index (κ1) is 14.4. The third-order valence-corrected chi connectivity index (χ3v) is 6.32. The highest BCUT2D eigenvalue weighted by molar-refractivity contribution is 5.91. The van der Waals surface area contributed by atoms with Crippen LogP contribution in [0, 0.1) is 17.8 Å². The van der Waals surface area contributed by atoms with E-state index < -0.39 is 0 Å². The molecule has 2 N–H and O–H groups in total. The molecule has 3 nitrogen and oxygen atoms in total. The zero-order chi connectivity index (χ0) is 15.5. The van der Waals surface area contributed by atoms with Crippen molar-refractivity contribution in [1.82, 2.24) is 0 Å². The summed E-state index contributed by atoms with van der Waals surface area (Å²) in [6, 6.07) is 9.00. The molecular weight excluding hydrogens is 272 g/mol. The molecule has 4 aliphatic rings. The van der Waals surface area contributed by atoms with Gasteiger partial charge in [-0.15, -0.1) is 0 Å². The van der Waals surface area contributed by atoms with Crippen molar-refractivity contribution >= 4 is 5.78 Å². The van der Waals surface area contributed by atoms with Crippen LogP contribution in [0.2, 0.25) is 0 Å². The molecule has 22 heavy (non-hydrogen) atoms. The highest BCUT2D eigenvalue weighted by Crippen LogP contribution is 2.39. The van der Waals surface area contributed by atoms with Gasteiger partial charge in [-0.2, -0.15) is 0 Å². The fourth-order valence-corrected chi connectivity index (χ4v) is 5.87. The van der Waals surface area contributed by atoms with Crippen molar-refractivity contribution in [1.29, 1.82) is 0 Å². The van der Waals surface area contributed by atoms with Gasteiger partial charge in [-0.3, -0.25) is 14.6 Å². The number of ketones is 1. The first-order valence-corrected chi connectivity index (χ1v) is 8.78. The molecule has 2 unspecified atom stereocenters. The smallest absolute Gasteiger partial charge is 0.240 e. The molecule has 5 rings (SSSR count). The summed E-state index contributed by atoms with van der Waals surface area (Å²) in [7, 11) is 0. The van der Waals surface area contributed by atoms with E-state index in [0.29, 0.717) is 11.9 Å². The fourth-order valence-electron chi connectivity index (χ4n) is 5.87. The molecule has 1 aromatic rings. The maximum absolute atomic E-state index is 13.1. The van der Waals surface area contributed by atoms with Crippen LogP contribution in [0.25, 0.3) is 0 Å². The Kier molecular flexibility index (Phi) is 3.05. The van der Waals surface area contributed by atoms with Crippen LogP contribution in [-0.2, 0) is 4.79 Å². The molecule has 4 aliphatic heterocycles. The number of carbonyl (C=O) groups excluding carboxylic acids is 1. The third kappa shape index (κ3) is 1.85. The lowest BCUT2D eigenvalue weighted by Gasteiger charge is -2.59. The van der Waals surface area contributed by atoms with E-state index in [4.69, 9.17) is 0 Å². The van der Waals surface area contributed by atoms with Crippen LogP contribution < -0.4 is 9.80 Å². The molecule has 118 valence electrons. The van der Waals surface area contributed by atoms with Crippen molar-refractivity contribution in [3.05, 3.63) is 35.4 Å². The van der Waals surface area contributed by atoms with Crippen molar-refractivity contribution in [3.8, 4) is 0 Å². The molecular formula is C19H28N2O+2. The van der Waals surface area contributed by atoms with Gasteiger partial charge in [0.25, 0.3) is 0 Å². The summed E-state index contributed by atoms with van der Waals surface area (Å²) >= 11 is 0. The van der Waals surface area contributed by atoms with E-state index in [2.05, 4.69) is 45.0 Å². The summed E-state index contributed by atoms with van der Waals surface area (Å²) in [6.45, 7) is 10.8. The summed E-state index contributed by atoms with van der Waals surface area (Å²) in [5.41, 5.74) is 2.69. The molecule has 2 atom stereocenters. The number of nitrogens with one attached hydrogen (secondary N) is 2. The van der Waals surface area contributed by atoms with Crippen molar-refractivity contribution in [3.63, 3.8) is 0 Å². The molecule has 0 spiro atoms. The zero-order valence-electron chi connectivity index (χ0n) is 14.0. The molecule has 1 aromatic carbocycles. The van der Waals surface area contributed by atoms with Gasteiger partial charge in [0.2, 0.25) is 6.17 Å². The van der Waals surface area contributed by atoms with E-state index >= 15 is 0 Å². The second-order valence-electron chi connectivity index (χ2n) is 8.29. The van der Waals surface area contributed by atoms with E-state index in [-0.39, 0.29) is 10.8 Å². The van der Waals surface area contributed by atoms with E-state index in [1.165, 1.54) is 11.1 Å². The summed E-state index contributed by atoms with van der Waals surface area (Å²) in [6.07, 6.45) is 2.73. The van der Waals surface area contributed by atoms with Crippen LogP contribution in [0.4, 0.5) is 0 Å². The summed E-state index contributed by atoms with van der Waals surface area (Å²) in [5.74, 6) is 0.581. The zero-order valence-corrected chi connectivity index (χ0v) is 14.0. The predicted molar refractivity (Wildman–Crippen MR) is 85.8 cm³/mol. The van der Waals surface area contributed by atoms with Crippen LogP contribution in [0.5, 0.6) is 0 Å². The Morgan fingerprint density at radius 2 is 1.86 bits per heavy atom. The van der Waals surface area contributed by atoms with Crippen molar-refractivity contribution < 1.29 is 14.6 Å². The Balaban J connectivity index is 1.73. The molecule has 4 heterocycles. The first-order valence-electron chi connectivity index (χ1n) is 8.78. The average Bonchev–Trinajstić information content (AvgIpc) is 2.44. The number of quaternary nitrogens is 2. The summed E-state index contributed by atoms with van der Waals surface area (Å²) in [5, 5.41) is 0. The van der Waals surface area contributed by atoms with Crippen LogP contribution in [-0.4, -0.2) is 32.0 Å². The lowest BCUT2D eigenvalue weighted by Crippen LogP contribution is -3.41. The monoisotopic (exact) mass is 300 g/mol. The third-order valence-electron chi connectivity index (χ3n) is 6.32. The van der Waals surface area contributed by atoms with E-state index in [1.54, 1.807) is 9.80 Å². The van der Waals surface area contributed by atoms with Crippen molar-refractivity contribution in [2.75, 3.05) is 26.2 Å². The second kappa shape index (κ2) is 4.65. The molecule has 0 radical (unpaired) electrons. The number of rotatable bonds is 3. The van der Waals surface area contributed by atoms with Crippen molar-refractivity contribution in [2.24, 2.45) is 10.8 Å². The molecule has 0 aliphatic carbocycles. The minimum Gasteiger partial charge on any atom is -0.297 e. The Bertz CT molecular complexity index is 608. The second-order valence-corrected chi connectivity index (χ2v) is 8.29. The maximum Gasteiger partial charge on any atom is 0.240 e. The van der Waals surface area contributed by atoms with Gasteiger partial charge in [0.15, 0.2) is 5.78 Å². The van der Waals surface area contributed by atoms with Gasteiger partial charge >= 0.3 is 0 Å². The standard InChI is InChI=1S/C19H26N2O/c1-4-8-19-12-20-10-18(3,17(19)22)11-21(13-19)16(20)15-7-5-6-14(2)9-15/h5-7,9,16H,4,8,10-13H2,1-3H3/p+2. The van der Waals surface area contributed by atoms with Gasteiger partial charge in [0.05, 0.1) is 18.7 Å². The van der Waals surface area contributed by atoms with Gasteiger partial charge < -0.3 is 0 Å². The Labute approximate surface area is 133 Å². The van der Waals surface area contributed by atoms with Gasteiger partial charge in [0, 0.05) is 0 Å². The molecule has 4 bridgehead atoms. The minimum absolute atomic E-state index is 0.0367. The Morgan fingerprint density at radius 1 is 1.18 bits per heavy atom. The number of aryl methyl sites for hydroxylation is 1.